The Morgan fingerprint density at radius 2 is 1.86 bits per heavy atom. The molecule has 22 heavy (non-hydrogen) atoms. The zero-order valence-electron chi connectivity index (χ0n) is 13.1. The Bertz CT molecular complexity index is 669. The summed E-state index contributed by atoms with van der Waals surface area (Å²) in [5, 5.41) is 0.640. The van der Waals surface area contributed by atoms with Crippen molar-refractivity contribution in [1.29, 1.82) is 0 Å². The van der Waals surface area contributed by atoms with Gasteiger partial charge in [-0.15, -0.1) is 0 Å². The van der Waals surface area contributed by atoms with E-state index in [1.54, 1.807) is 24.3 Å². The first-order valence-electron chi connectivity index (χ1n) is 7.70. The molecular formula is C20H21ClO. The van der Waals surface area contributed by atoms with E-state index in [-0.39, 0.29) is 5.78 Å². The molecule has 2 aromatic carbocycles. The van der Waals surface area contributed by atoms with E-state index in [0.29, 0.717) is 10.6 Å². The highest BCUT2D eigenvalue weighted by molar-refractivity contribution is 6.30. The van der Waals surface area contributed by atoms with Gasteiger partial charge < -0.3 is 0 Å². The number of hydrogen-bond donors (Lipinski definition) is 0. The smallest absolute Gasteiger partial charge is 0.193 e. The molecule has 114 valence electrons. The predicted octanol–water partition coefficient (Wildman–Crippen LogP) is 6.08. The van der Waals surface area contributed by atoms with E-state index in [1.165, 1.54) is 12.8 Å². The highest BCUT2D eigenvalue weighted by Crippen LogP contribution is 2.20. The fourth-order valence-corrected chi connectivity index (χ4v) is 2.50. The van der Waals surface area contributed by atoms with Crippen molar-refractivity contribution in [3.05, 3.63) is 75.8 Å². The number of ketones is 1. The first-order chi connectivity index (χ1) is 10.6. The number of unbranched alkanes of at least 4 members (excludes halogenated alkanes) is 2. The standard InChI is InChI=1S/C20H21ClO/c1-3-4-5-6-8-16-9-7-10-19(15(16)2)20(22)17-11-13-18(21)14-12-17/h6-14H,3-5H2,1-2H3. The molecule has 0 spiro atoms. The van der Waals surface area contributed by atoms with E-state index >= 15 is 0 Å². The Morgan fingerprint density at radius 3 is 2.55 bits per heavy atom. The zero-order valence-corrected chi connectivity index (χ0v) is 13.9. The molecule has 0 saturated heterocycles. The molecule has 0 aliphatic rings. The van der Waals surface area contributed by atoms with Crippen LogP contribution in [0.25, 0.3) is 6.08 Å². The minimum Gasteiger partial charge on any atom is -0.289 e. The number of rotatable bonds is 6. The second-order valence-corrected chi connectivity index (χ2v) is 5.84. The molecule has 0 aliphatic heterocycles. The second-order valence-electron chi connectivity index (χ2n) is 5.40. The van der Waals surface area contributed by atoms with Crippen LogP contribution in [0, 0.1) is 6.92 Å². The molecule has 0 aromatic heterocycles. The zero-order chi connectivity index (χ0) is 15.9. The summed E-state index contributed by atoms with van der Waals surface area (Å²) in [4.78, 5) is 12.6. The lowest BCUT2D eigenvalue weighted by molar-refractivity contribution is 0.103. The summed E-state index contributed by atoms with van der Waals surface area (Å²) >= 11 is 5.88. The van der Waals surface area contributed by atoms with Crippen LogP contribution in [0.2, 0.25) is 5.02 Å². The van der Waals surface area contributed by atoms with Gasteiger partial charge in [-0.3, -0.25) is 4.79 Å². The maximum Gasteiger partial charge on any atom is 0.193 e. The van der Waals surface area contributed by atoms with Crippen LogP contribution in [0.4, 0.5) is 0 Å². The molecule has 0 amide bonds. The molecule has 2 aromatic rings. The van der Waals surface area contributed by atoms with E-state index in [4.69, 9.17) is 11.6 Å². The van der Waals surface area contributed by atoms with Gasteiger partial charge in [-0.05, 0) is 48.7 Å². The van der Waals surface area contributed by atoms with E-state index < -0.39 is 0 Å². The van der Waals surface area contributed by atoms with Crippen LogP contribution in [0.15, 0.2) is 48.5 Å². The van der Waals surface area contributed by atoms with Crippen LogP contribution in [-0.2, 0) is 0 Å². The maximum atomic E-state index is 12.6. The molecule has 2 rings (SSSR count). The van der Waals surface area contributed by atoms with Gasteiger partial charge >= 0.3 is 0 Å². The largest absolute Gasteiger partial charge is 0.289 e. The van der Waals surface area contributed by atoms with E-state index in [9.17, 15) is 4.79 Å². The maximum absolute atomic E-state index is 12.6. The fraction of sp³-hybridized carbons (Fsp3) is 0.250. The van der Waals surface area contributed by atoms with Crippen LogP contribution in [-0.4, -0.2) is 5.78 Å². The van der Waals surface area contributed by atoms with Gasteiger partial charge in [0.05, 0.1) is 0 Å². The lowest BCUT2D eigenvalue weighted by Crippen LogP contribution is -2.04. The highest BCUT2D eigenvalue weighted by Gasteiger charge is 2.12. The van der Waals surface area contributed by atoms with Gasteiger partial charge in [0.15, 0.2) is 5.78 Å². The van der Waals surface area contributed by atoms with Crippen molar-refractivity contribution in [2.24, 2.45) is 0 Å². The number of benzene rings is 2. The summed E-state index contributed by atoms with van der Waals surface area (Å²) in [6.07, 6.45) is 7.76. The van der Waals surface area contributed by atoms with Crippen molar-refractivity contribution < 1.29 is 4.79 Å². The third-order valence-electron chi connectivity index (χ3n) is 3.75. The van der Waals surface area contributed by atoms with E-state index in [0.717, 1.165) is 23.1 Å². The quantitative estimate of drug-likeness (QED) is 0.466. The Kier molecular flexibility index (Phi) is 5.97. The van der Waals surface area contributed by atoms with Crippen molar-refractivity contribution in [3.8, 4) is 0 Å². The first-order valence-corrected chi connectivity index (χ1v) is 8.07. The normalized spacial score (nSPS) is 11.0. The topological polar surface area (TPSA) is 17.1 Å². The number of carbonyl (C=O) groups excluding carboxylic acids is 1. The Balaban J connectivity index is 2.26. The van der Waals surface area contributed by atoms with Gasteiger partial charge in [-0.2, -0.15) is 0 Å². The molecule has 0 heterocycles. The van der Waals surface area contributed by atoms with E-state index in [2.05, 4.69) is 25.1 Å². The Labute approximate surface area is 137 Å². The van der Waals surface area contributed by atoms with Crippen molar-refractivity contribution in [2.45, 2.75) is 33.1 Å². The Hall–Kier alpha value is -1.86. The average molecular weight is 313 g/mol. The molecule has 0 fully saturated rings. The molecule has 0 N–H and O–H groups in total. The minimum atomic E-state index is 0.0398. The molecule has 0 aliphatic carbocycles. The average Bonchev–Trinajstić information content (AvgIpc) is 2.53. The SMILES string of the molecule is CCCCC=Cc1cccc(C(=O)c2ccc(Cl)cc2)c1C. The van der Waals surface area contributed by atoms with E-state index in [1.807, 2.05) is 19.1 Å². The number of halogens is 1. The third-order valence-corrected chi connectivity index (χ3v) is 4.00. The monoisotopic (exact) mass is 312 g/mol. The summed E-state index contributed by atoms with van der Waals surface area (Å²) in [6.45, 7) is 4.19. The molecule has 0 atom stereocenters. The lowest BCUT2D eigenvalue weighted by atomic mass is 9.95. The van der Waals surface area contributed by atoms with Gasteiger partial charge in [0, 0.05) is 16.1 Å². The number of hydrogen-bond acceptors (Lipinski definition) is 1. The van der Waals surface area contributed by atoms with Crippen LogP contribution in [0.1, 0.15) is 53.2 Å². The summed E-state index contributed by atoms with van der Waals surface area (Å²) < 4.78 is 0. The van der Waals surface area contributed by atoms with Crippen LogP contribution >= 0.6 is 11.6 Å². The van der Waals surface area contributed by atoms with Gasteiger partial charge in [-0.25, -0.2) is 0 Å². The highest BCUT2D eigenvalue weighted by atomic mass is 35.5. The van der Waals surface area contributed by atoms with Gasteiger partial charge in [0.25, 0.3) is 0 Å². The molecule has 0 unspecified atom stereocenters. The minimum absolute atomic E-state index is 0.0398. The van der Waals surface area contributed by atoms with Crippen molar-refractivity contribution in [1.82, 2.24) is 0 Å². The fourth-order valence-electron chi connectivity index (χ4n) is 2.37. The molecule has 0 saturated carbocycles. The van der Waals surface area contributed by atoms with Crippen LogP contribution < -0.4 is 0 Å². The third kappa shape index (κ3) is 4.08. The molecule has 0 radical (unpaired) electrons. The molecular weight excluding hydrogens is 292 g/mol. The van der Waals surface area contributed by atoms with Gasteiger partial charge in [0.2, 0.25) is 0 Å². The number of carbonyl (C=O) groups is 1. The van der Waals surface area contributed by atoms with Crippen LogP contribution in [0.5, 0.6) is 0 Å². The summed E-state index contributed by atoms with van der Waals surface area (Å²) in [5.74, 6) is 0.0398. The van der Waals surface area contributed by atoms with Crippen molar-refractivity contribution >= 4 is 23.5 Å². The molecule has 0 bridgehead atoms. The Morgan fingerprint density at radius 1 is 1.14 bits per heavy atom. The lowest BCUT2D eigenvalue weighted by Gasteiger charge is -2.08. The van der Waals surface area contributed by atoms with Crippen molar-refractivity contribution in [2.75, 3.05) is 0 Å². The predicted molar refractivity (Wildman–Crippen MR) is 94.6 cm³/mol. The first kappa shape index (κ1) is 16.5. The summed E-state index contributed by atoms with van der Waals surface area (Å²) in [7, 11) is 0. The van der Waals surface area contributed by atoms with Crippen LogP contribution in [0.3, 0.4) is 0 Å². The van der Waals surface area contributed by atoms with Gasteiger partial charge in [-0.1, -0.05) is 61.7 Å². The number of allylic oxidation sites excluding steroid dienone is 1. The van der Waals surface area contributed by atoms with Gasteiger partial charge in [0.1, 0.15) is 0 Å². The second kappa shape index (κ2) is 7.95. The van der Waals surface area contributed by atoms with Crippen molar-refractivity contribution in [3.63, 3.8) is 0 Å². The summed E-state index contributed by atoms with van der Waals surface area (Å²) in [6, 6.07) is 12.9. The molecule has 1 nitrogen and oxygen atoms in total. The summed E-state index contributed by atoms with van der Waals surface area (Å²) in [5.41, 5.74) is 3.55. The molecule has 2 heteroatoms.